The van der Waals surface area contributed by atoms with Crippen molar-refractivity contribution in [1.82, 2.24) is 14.1 Å². The maximum Gasteiger partial charge on any atom is 0.341 e. The van der Waals surface area contributed by atoms with Gasteiger partial charge in [0.2, 0.25) is 0 Å². The molecule has 1 heterocycles. The number of carbonyl (C=O) groups excluding carboxylic acids is 1. The molecule has 0 bridgehead atoms. The average molecular weight is 358 g/mol. The number of hydrogen-bond donors (Lipinski definition) is 1. The second kappa shape index (κ2) is 6.46. The number of nitrogens with zero attached hydrogens (tertiary/aromatic N) is 3. The maximum atomic E-state index is 13.4. The molecule has 0 saturated heterocycles. The van der Waals surface area contributed by atoms with Crippen LogP contribution in [0.15, 0.2) is 26.5 Å². The number of methoxy groups -OCH3 is 1. The lowest BCUT2D eigenvalue weighted by Gasteiger charge is -2.09. The van der Waals surface area contributed by atoms with Gasteiger partial charge in [0.05, 0.1) is 18.1 Å². The van der Waals surface area contributed by atoms with E-state index >= 15 is 0 Å². The number of esters is 1. The number of ether oxygens (including phenoxy) is 1. The highest BCUT2D eigenvalue weighted by Crippen LogP contribution is 2.23. The summed E-state index contributed by atoms with van der Waals surface area (Å²) in [7, 11) is 0.970. The lowest BCUT2D eigenvalue weighted by atomic mass is 10.2. The number of nitrogens with one attached hydrogen (secondary N) is 1. The molecule has 0 radical (unpaired) electrons. The molecular weight excluding hydrogens is 350 g/mol. The summed E-state index contributed by atoms with van der Waals surface area (Å²) in [6.45, 7) is -0.914. The normalized spacial score (nSPS) is 10.5. The van der Waals surface area contributed by atoms with E-state index in [4.69, 9.17) is 0 Å². The van der Waals surface area contributed by atoms with Crippen LogP contribution >= 0.6 is 0 Å². The molecular formula is C12H8F2N4O7. The largest absolute Gasteiger partial charge is 0.468 e. The highest BCUT2D eigenvalue weighted by atomic mass is 19.2. The Labute approximate surface area is 134 Å². The Bertz CT molecular complexity index is 1050. The van der Waals surface area contributed by atoms with Crippen molar-refractivity contribution < 1.29 is 23.2 Å². The first kappa shape index (κ1) is 17.7. The van der Waals surface area contributed by atoms with Crippen molar-refractivity contribution in [3.63, 3.8) is 0 Å². The third-order valence-corrected chi connectivity index (χ3v) is 3.05. The van der Waals surface area contributed by atoms with Gasteiger partial charge in [-0.3, -0.25) is 19.9 Å². The molecule has 0 aliphatic rings. The third-order valence-electron chi connectivity index (χ3n) is 3.05. The molecule has 1 aromatic heterocycles. The number of carbonyl (C=O) groups is 1. The summed E-state index contributed by atoms with van der Waals surface area (Å²) in [5.41, 5.74) is -6.23. The molecule has 0 aliphatic carbocycles. The van der Waals surface area contributed by atoms with Crippen LogP contribution in [-0.4, -0.2) is 32.1 Å². The number of nitro groups is 1. The molecule has 25 heavy (non-hydrogen) atoms. The molecule has 0 atom stereocenters. The van der Waals surface area contributed by atoms with Crippen LogP contribution in [0.4, 0.5) is 14.5 Å². The van der Waals surface area contributed by atoms with E-state index in [0.29, 0.717) is 0 Å². The maximum absolute atomic E-state index is 13.4. The number of H-pyrrole nitrogens is 1. The molecule has 0 fully saturated rings. The summed E-state index contributed by atoms with van der Waals surface area (Å²) in [4.78, 5) is 58.6. The minimum atomic E-state index is -1.58. The Balaban J connectivity index is 2.88. The zero-order valence-corrected chi connectivity index (χ0v) is 12.3. The number of aromatic nitrogens is 3. The second-order valence-corrected chi connectivity index (χ2v) is 4.53. The van der Waals surface area contributed by atoms with Crippen LogP contribution in [0.1, 0.15) is 0 Å². The summed E-state index contributed by atoms with van der Waals surface area (Å²) in [5, 5.41) is 11.0. The molecule has 1 N–H and O–H groups in total. The van der Waals surface area contributed by atoms with Gasteiger partial charge in [-0.1, -0.05) is 0 Å². The molecule has 1 aromatic carbocycles. The molecule has 0 unspecified atom stereocenters. The van der Waals surface area contributed by atoms with Crippen molar-refractivity contribution in [2.45, 2.75) is 6.54 Å². The average Bonchev–Trinajstić information content (AvgIpc) is 2.53. The van der Waals surface area contributed by atoms with Gasteiger partial charge >= 0.3 is 23.0 Å². The molecule has 11 nitrogen and oxygen atoms in total. The lowest BCUT2D eigenvalue weighted by molar-refractivity contribution is -0.384. The van der Waals surface area contributed by atoms with Crippen molar-refractivity contribution in [2.75, 3.05) is 7.11 Å². The van der Waals surface area contributed by atoms with Gasteiger partial charge in [-0.15, -0.1) is 0 Å². The fourth-order valence-electron chi connectivity index (χ4n) is 1.91. The van der Waals surface area contributed by atoms with Crippen LogP contribution in [0, 0.1) is 21.7 Å². The first-order valence-corrected chi connectivity index (χ1v) is 6.34. The van der Waals surface area contributed by atoms with Crippen LogP contribution in [0.2, 0.25) is 0 Å². The van der Waals surface area contributed by atoms with Gasteiger partial charge in [-0.2, -0.15) is 0 Å². The topological polar surface area (TPSA) is 146 Å². The van der Waals surface area contributed by atoms with Crippen LogP contribution < -0.4 is 17.1 Å². The molecule has 0 aliphatic heterocycles. The molecule has 132 valence electrons. The van der Waals surface area contributed by atoms with E-state index in [1.165, 1.54) is 0 Å². The minimum absolute atomic E-state index is 0.0327. The first-order valence-electron chi connectivity index (χ1n) is 6.34. The predicted octanol–water partition coefficient (Wildman–Crippen LogP) is -0.953. The summed E-state index contributed by atoms with van der Waals surface area (Å²) >= 11 is 0. The smallest absolute Gasteiger partial charge is 0.341 e. The molecule has 2 rings (SSSR count). The van der Waals surface area contributed by atoms with Crippen LogP contribution in [0.25, 0.3) is 5.69 Å². The molecule has 2 aromatic rings. The summed E-state index contributed by atoms with van der Waals surface area (Å²) in [6, 6.07) is 0.420. The van der Waals surface area contributed by atoms with E-state index < -0.39 is 57.5 Å². The Morgan fingerprint density at radius 3 is 2.40 bits per heavy atom. The van der Waals surface area contributed by atoms with Gasteiger partial charge in [0.15, 0.2) is 11.6 Å². The van der Waals surface area contributed by atoms with Crippen molar-refractivity contribution >= 4 is 11.7 Å². The monoisotopic (exact) mass is 358 g/mol. The quantitative estimate of drug-likeness (QED) is 0.421. The molecule has 0 saturated carbocycles. The SMILES string of the molecule is COC(=O)Cn1c(=O)[nH]c(=O)n(-c2cc(F)c(F)cc2[N+](=O)[O-])c1=O. The fraction of sp³-hybridized carbons (Fsp3) is 0.167. The van der Waals surface area contributed by atoms with E-state index in [9.17, 15) is 38.1 Å². The van der Waals surface area contributed by atoms with Gasteiger partial charge in [-0.05, 0) is 0 Å². The van der Waals surface area contributed by atoms with E-state index in [2.05, 4.69) is 4.74 Å². The number of aromatic amines is 1. The van der Waals surface area contributed by atoms with E-state index in [-0.39, 0.29) is 21.3 Å². The van der Waals surface area contributed by atoms with Gasteiger partial charge in [-0.25, -0.2) is 32.3 Å². The van der Waals surface area contributed by atoms with E-state index in [1.807, 2.05) is 0 Å². The Hall–Kier alpha value is -3.64. The fourth-order valence-corrected chi connectivity index (χ4v) is 1.91. The highest BCUT2D eigenvalue weighted by Gasteiger charge is 2.24. The van der Waals surface area contributed by atoms with Crippen molar-refractivity contribution in [2.24, 2.45) is 0 Å². The number of benzene rings is 1. The third kappa shape index (κ3) is 3.19. The van der Waals surface area contributed by atoms with Crippen LogP contribution in [0.5, 0.6) is 0 Å². The summed E-state index contributed by atoms with van der Waals surface area (Å²) < 4.78 is 31.2. The number of rotatable bonds is 4. The zero-order chi connectivity index (χ0) is 18.9. The second-order valence-electron chi connectivity index (χ2n) is 4.53. The van der Waals surface area contributed by atoms with Crippen molar-refractivity contribution in [3.05, 3.63) is 65.3 Å². The summed E-state index contributed by atoms with van der Waals surface area (Å²) in [6.07, 6.45) is 0. The van der Waals surface area contributed by atoms with Gasteiger partial charge in [0.1, 0.15) is 12.2 Å². The molecule has 0 spiro atoms. The van der Waals surface area contributed by atoms with Crippen LogP contribution in [-0.2, 0) is 16.1 Å². The Morgan fingerprint density at radius 1 is 1.24 bits per heavy atom. The van der Waals surface area contributed by atoms with Gasteiger partial charge in [0, 0.05) is 6.07 Å². The minimum Gasteiger partial charge on any atom is -0.468 e. The number of nitro benzene ring substituents is 1. The molecule has 13 heteroatoms. The Morgan fingerprint density at radius 2 is 1.84 bits per heavy atom. The standard InChI is InChI=1S/C12H8F2N4O7/c1-25-9(19)4-16-10(20)15-11(21)17(12(16)22)7-2-5(13)6(14)3-8(7)18(23)24/h2-3H,4H2,1H3,(H,15,20,21). The lowest BCUT2D eigenvalue weighted by Crippen LogP contribution is -2.49. The number of hydrogen-bond acceptors (Lipinski definition) is 7. The van der Waals surface area contributed by atoms with Crippen molar-refractivity contribution in [3.8, 4) is 5.69 Å². The van der Waals surface area contributed by atoms with Gasteiger partial charge < -0.3 is 4.74 Å². The number of halogens is 2. The van der Waals surface area contributed by atoms with E-state index in [0.717, 1.165) is 7.11 Å². The summed E-state index contributed by atoms with van der Waals surface area (Å²) in [5.74, 6) is -4.18. The predicted molar refractivity (Wildman–Crippen MR) is 75.5 cm³/mol. The van der Waals surface area contributed by atoms with Gasteiger partial charge in [0.25, 0.3) is 5.69 Å². The van der Waals surface area contributed by atoms with Crippen molar-refractivity contribution in [1.29, 1.82) is 0 Å². The van der Waals surface area contributed by atoms with Crippen LogP contribution in [0.3, 0.4) is 0 Å². The molecule has 0 amide bonds. The zero-order valence-electron chi connectivity index (χ0n) is 12.3. The highest BCUT2D eigenvalue weighted by molar-refractivity contribution is 5.68. The first-order chi connectivity index (χ1) is 11.7. The Kier molecular flexibility index (Phi) is 4.58. The van der Waals surface area contributed by atoms with E-state index in [1.54, 1.807) is 4.98 Å².